The van der Waals surface area contributed by atoms with Gasteiger partial charge >= 0.3 is 0 Å². The number of likely N-dealkylation sites (tertiary alicyclic amines) is 2. The van der Waals surface area contributed by atoms with Gasteiger partial charge in [0.15, 0.2) is 0 Å². The number of hydrogen-bond donors (Lipinski definition) is 0. The van der Waals surface area contributed by atoms with Crippen molar-refractivity contribution < 1.29 is 4.79 Å². The normalized spacial score (nSPS) is 19.7. The lowest BCUT2D eigenvalue weighted by Crippen LogP contribution is -2.45. The van der Waals surface area contributed by atoms with Crippen LogP contribution >= 0.6 is 0 Å². The van der Waals surface area contributed by atoms with Gasteiger partial charge < -0.3 is 9.80 Å². The number of nitrogens with zero attached hydrogens (tertiary/aromatic N) is 4. The summed E-state index contributed by atoms with van der Waals surface area (Å²) < 4.78 is 0. The van der Waals surface area contributed by atoms with Crippen LogP contribution in [0.2, 0.25) is 0 Å². The average Bonchev–Trinajstić information content (AvgIpc) is 3.36. The molecule has 2 aromatic heterocycles. The number of carbonyl (C=O) groups excluding carboxylic acids is 1. The van der Waals surface area contributed by atoms with Gasteiger partial charge in [0.2, 0.25) is 0 Å². The van der Waals surface area contributed by atoms with Crippen LogP contribution in [0, 0.1) is 0 Å². The minimum Gasteiger partial charge on any atom is -0.336 e. The van der Waals surface area contributed by atoms with E-state index >= 15 is 0 Å². The molecule has 3 aromatic rings. The number of para-hydroxylation sites is 1. The van der Waals surface area contributed by atoms with Gasteiger partial charge in [0, 0.05) is 42.5 Å². The summed E-state index contributed by atoms with van der Waals surface area (Å²) in [4.78, 5) is 27.5. The molecule has 5 heteroatoms. The first kappa shape index (κ1) is 20.1. The Kier molecular flexibility index (Phi) is 5.94. The lowest BCUT2D eigenvalue weighted by atomic mass is 9.96. The van der Waals surface area contributed by atoms with Crippen LogP contribution in [-0.2, 0) is 0 Å². The van der Waals surface area contributed by atoms with Gasteiger partial charge in [-0.15, -0.1) is 0 Å². The van der Waals surface area contributed by atoms with Gasteiger partial charge in [-0.1, -0.05) is 18.2 Å². The smallest absolute Gasteiger partial charge is 0.254 e. The van der Waals surface area contributed by atoms with Gasteiger partial charge in [-0.05, 0) is 75.9 Å². The van der Waals surface area contributed by atoms with Crippen LogP contribution in [0.5, 0.6) is 0 Å². The average molecular weight is 415 g/mol. The van der Waals surface area contributed by atoms with E-state index in [9.17, 15) is 4.79 Å². The monoisotopic (exact) mass is 414 g/mol. The highest BCUT2D eigenvalue weighted by Gasteiger charge is 2.29. The molecule has 1 amide bonds. The summed E-state index contributed by atoms with van der Waals surface area (Å²) in [5.74, 6) is 0.153. The molecule has 2 aliphatic rings. The second kappa shape index (κ2) is 9.15. The van der Waals surface area contributed by atoms with Crippen LogP contribution in [-0.4, -0.2) is 57.9 Å². The highest BCUT2D eigenvalue weighted by molar-refractivity contribution is 6.07. The van der Waals surface area contributed by atoms with E-state index in [1.165, 1.54) is 32.4 Å². The molecule has 0 bridgehead atoms. The summed E-state index contributed by atoms with van der Waals surface area (Å²) in [6.45, 7) is 4.38. The van der Waals surface area contributed by atoms with E-state index in [2.05, 4.69) is 14.8 Å². The van der Waals surface area contributed by atoms with Gasteiger partial charge in [-0.2, -0.15) is 0 Å². The third kappa shape index (κ3) is 4.33. The topological polar surface area (TPSA) is 49.3 Å². The fourth-order valence-electron chi connectivity index (χ4n) is 5.08. The molecule has 5 rings (SSSR count). The number of aromatic nitrogens is 2. The number of pyridine rings is 2. The zero-order valence-corrected chi connectivity index (χ0v) is 18.0. The van der Waals surface area contributed by atoms with Gasteiger partial charge in [0.1, 0.15) is 0 Å². The van der Waals surface area contributed by atoms with Crippen molar-refractivity contribution >= 4 is 16.8 Å². The Hall–Kier alpha value is -2.79. The van der Waals surface area contributed by atoms with Crippen molar-refractivity contribution in [3.05, 3.63) is 60.4 Å². The van der Waals surface area contributed by atoms with Crippen LogP contribution in [0.1, 0.15) is 48.9 Å². The molecule has 0 radical (unpaired) electrons. The maximum Gasteiger partial charge on any atom is 0.254 e. The summed E-state index contributed by atoms with van der Waals surface area (Å²) in [6, 6.07) is 14.2. The summed E-state index contributed by atoms with van der Waals surface area (Å²) >= 11 is 0. The lowest BCUT2D eigenvalue weighted by molar-refractivity contribution is 0.0590. The van der Waals surface area contributed by atoms with Crippen LogP contribution in [0.15, 0.2) is 54.9 Å². The van der Waals surface area contributed by atoms with Crippen molar-refractivity contribution in [1.29, 1.82) is 0 Å². The van der Waals surface area contributed by atoms with Crippen LogP contribution < -0.4 is 0 Å². The number of piperidine rings is 1. The van der Waals surface area contributed by atoms with Crippen molar-refractivity contribution in [2.45, 2.75) is 44.6 Å². The first-order valence-electron chi connectivity index (χ1n) is 11.6. The number of hydrogen-bond acceptors (Lipinski definition) is 4. The second-order valence-electron chi connectivity index (χ2n) is 8.79. The Morgan fingerprint density at radius 1 is 0.968 bits per heavy atom. The number of fused-ring (bicyclic) bond motifs is 1. The Morgan fingerprint density at radius 2 is 1.74 bits per heavy atom. The molecule has 2 fully saturated rings. The molecule has 4 heterocycles. The molecular weight excluding hydrogens is 384 g/mol. The Morgan fingerprint density at radius 3 is 2.58 bits per heavy atom. The molecule has 1 unspecified atom stereocenters. The fraction of sp³-hybridized carbons (Fsp3) is 0.423. The SMILES string of the molecule is O=C(c1cc(-c2ccncc2)nc2ccccc12)N1CCCCC1CCN1CCCC1. The van der Waals surface area contributed by atoms with Crippen LogP contribution in [0.25, 0.3) is 22.2 Å². The van der Waals surface area contributed by atoms with E-state index in [4.69, 9.17) is 4.98 Å². The van der Waals surface area contributed by atoms with Crippen molar-refractivity contribution in [3.8, 4) is 11.3 Å². The highest BCUT2D eigenvalue weighted by Crippen LogP contribution is 2.29. The molecule has 0 aliphatic carbocycles. The molecule has 0 N–H and O–H groups in total. The number of carbonyl (C=O) groups is 1. The summed E-state index contributed by atoms with van der Waals surface area (Å²) in [7, 11) is 0. The van der Waals surface area contributed by atoms with Crippen LogP contribution in [0.3, 0.4) is 0 Å². The zero-order valence-electron chi connectivity index (χ0n) is 18.0. The van der Waals surface area contributed by atoms with Crippen LogP contribution in [0.4, 0.5) is 0 Å². The van der Waals surface area contributed by atoms with Gasteiger partial charge in [0.25, 0.3) is 5.91 Å². The highest BCUT2D eigenvalue weighted by atomic mass is 16.2. The predicted molar refractivity (Wildman–Crippen MR) is 124 cm³/mol. The van der Waals surface area contributed by atoms with E-state index < -0.39 is 0 Å². The zero-order chi connectivity index (χ0) is 21.0. The first-order chi connectivity index (χ1) is 15.3. The Balaban J connectivity index is 1.47. The minimum absolute atomic E-state index is 0.153. The summed E-state index contributed by atoms with van der Waals surface area (Å²) in [6.07, 6.45) is 10.7. The number of benzene rings is 1. The molecule has 5 nitrogen and oxygen atoms in total. The van der Waals surface area contributed by atoms with E-state index in [1.807, 2.05) is 42.5 Å². The third-order valence-electron chi connectivity index (χ3n) is 6.79. The number of amides is 1. The van der Waals surface area contributed by atoms with Crippen molar-refractivity contribution in [2.24, 2.45) is 0 Å². The Labute approximate surface area is 184 Å². The second-order valence-corrected chi connectivity index (χ2v) is 8.79. The van der Waals surface area contributed by atoms with E-state index in [0.29, 0.717) is 6.04 Å². The standard InChI is InChI=1S/C26H30N4O/c31-26(30-17-4-3-7-21(30)12-18-29-15-5-6-16-29)23-19-25(20-10-13-27-14-11-20)28-24-9-2-1-8-22(23)24/h1-2,8-11,13-14,19,21H,3-7,12,15-18H2. The molecule has 2 saturated heterocycles. The molecule has 31 heavy (non-hydrogen) atoms. The van der Waals surface area contributed by atoms with Gasteiger partial charge in [-0.25, -0.2) is 4.98 Å². The minimum atomic E-state index is 0.153. The lowest BCUT2D eigenvalue weighted by Gasteiger charge is -2.37. The van der Waals surface area contributed by atoms with Crippen molar-refractivity contribution in [2.75, 3.05) is 26.2 Å². The summed E-state index contributed by atoms with van der Waals surface area (Å²) in [5.41, 5.74) is 3.45. The van der Waals surface area contributed by atoms with E-state index in [0.717, 1.165) is 60.1 Å². The molecule has 1 aromatic carbocycles. The molecule has 160 valence electrons. The maximum absolute atomic E-state index is 13.9. The number of rotatable bonds is 5. The molecule has 1 atom stereocenters. The van der Waals surface area contributed by atoms with Crippen molar-refractivity contribution in [3.63, 3.8) is 0 Å². The van der Waals surface area contributed by atoms with Gasteiger partial charge in [0.05, 0.1) is 16.8 Å². The quantitative estimate of drug-likeness (QED) is 0.603. The Bertz CT molecular complexity index is 1050. The first-order valence-corrected chi connectivity index (χ1v) is 11.6. The van der Waals surface area contributed by atoms with E-state index in [-0.39, 0.29) is 5.91 Å². The van der Waals surface area contributed by atoms with Gasteiger partial charge in [-0.3, -0.25) is 9.78 Å². The van der Waals surface area contributed by atoms with Crippen molar-refractivity contribution in [1.82, 2.24) is 19.8 Å². The predicted octanol–water partition coefficient (Wildman–Crippen LogP) is 4.78. The third-order valence-corrected chi connectivity index (χ3v) is 6.79. The molecule has 0 spiro atoms. The fourth-order valence-corrected chi connectivity index (χ4v) is 5.08. The maximum atomic E-state index is 13.9. The molecule has 0 saturated carbocycles. The summed E-state index contributed by atoms with van der Waals surface area (Å²) in [5, 5.41) is 0.939. The largest absolute Gasteiger partial charge is 0.336 e. The van der Waals surface area contributed by atoms with E-state index in [1.54, 1.807) is 12.4 Å². The molecule has 2 aliphatic heterocycles. The molecular formula is C26H30N4O.